The monoisotopic (exact) mass is 370 g/mol. The predicted molar refractivity (Wildman–Crippen MR) is 108 cm³/mol. The zero-order valence-electron chi connectivity index (χ0n) is 16.3. The molecule has 0 bridgehead atoms. The largest absolute Gasteiger partial charge is 0.497 e. The van der Waals surface area contributed by atoms with E-state index in [4.69, 9.17) is 4.74 Å². The van der Waals surface area contributed by atoms with Gasteiger partial charge >= 0.3 is 6.03 Å². The molecule has 0 aliphatic carbocycles. The van der Waals surface area contributed by atoms with Crippen LogP contribution in [0.25, 0.3) is 0 Å². The Morgan fingerprint density at radius 1 is 1.00 bits per heavy atom. The Labute approximate surface area is 161 Å². The lowest BCUT2D eigenvalue weighted by atomic mass is 9.96. The van der Waals surface area contributed by atoms with E-state index in [0.717, 1.165) is 29.7 Å². The molecular weight excluding hydrogens is 340 g/mol. The lowest BCUT2D eigenvalue weighted by Crippen LogP contribution is -2.43. The molecule has 5 nitrogen and oxygen atoms in total. The molecule has 0 fully saturated rings. The summed E-state index contributed by atoms with van der Waals surface area (Å²) in [5.41, 5.74) is 1.94. The summed E-state index contributed by atoms with van der Waals surface area (Å²) in [6.07, 6.45) is 1.24. The van der Waals surface area contributed by atoms with Gasteiger partial charge in [0.1, 0.15) is 5.75 Å². The van der Waals surface area contributed by atoms with E-state index in [1.165, 1.54) is 0 Å². The fourth-order valence-corrected chi connectivity index (χ4v) is 3.18. The van der Waals surface area contributed by atoms with Crippen LogP contribution in [0.15, 0.2) is 54.6 Å². The molecule has 2 atom stereocenters. The number of hydrogen-bond acceptors (Lipinski definition) is 3. The summed E-state index contributed by atoms with van der Waals surface area (Å²) >= 11 is 0. The number of aliphatic hydroxyl groups excluding tert-OH is 1. The SMILES string of the molecule is CCC(CC)C(O)CNC(=O)NC(c1ccccc1)c1ccc(OC)cc1. The third-order valence-corrected chi connectivity index (χ3v) is 4.92. The van der Waals surface area contributed by atoms with Gasteiger partial charge in [0.25, 0.3) is 0 Å². The van der Waals surface area contributed by atoms with Crippen molar-refractivity contribution >= 4 is 6.03 Å². The van der Waals surface area contributed by atoms with E-state index in [1.807, 2.05) is 68.4 Å². The van der Waals surface area contributed by atoms with E-state index in [1.54, 1.807) is 7.11 Å². The molecule has 0 spiro atoms. The summed E-state index contributed by atoms with van der Waals surface area (Å²) in [7, 11) is 1.63. The first-order valence-corrected chi connectivity index (χ1v) is 9.50. The zero-order valence-corrected chi connectivity index (χ0v) is 16.3. The van der Waals surface area contributed by atoms with Gasteiger partial charge in [0, 0.05) is 6.54 Å². The Hall–Kier alpha value is -2.53. The second kappa shape index (κ2) is 10.6. The second-order valence-corrected chi connectivity index (χ2v) is 6.62. The molecule has 27 heavy (non-hydrogen) atoms. The first kappa shape index (κ1) is 20.8. The van der Waals surface area contributed by atoms with Gasteiger partial charge < -0.3 is 20.5 Å². The van der Waals surface area contributed by atoms with Crippen LogP contribution in [0.5, 0.6) is 5.75 Å². The number of carbonyl (C=O) groups is 1. The van der Waals surface area contributed by atoms with E-state index < -0.39 is 6.10 Å². The number of amides is 2. The molecular formula is C22H30N2O3. The summed E-state index contributed by atoms with van der Waals surface area (Å²) in [4.78, 5) is 12.5. The molecule has 0 saturated carbocycles. The van der Waals surface area contributed by atoms with Crippen molar-refractivity contribution in [2.45, 2.75) is 38.8 Å². The Bertz CT molecular complexity index is 684. The minimum atomic E-state index is -0.540. The number of rotatable bonds is 9. The van der Waals surface area contributed by atoms with E-state index in [0.29, 0.717) is 0 Å². The van der Waals surface area contributed by atoms with Gasteiger partial charge in [-0.05, 0) is 29.2 Å². The molecule has 0 saturated heterocycles. The first-order chi connectivity index (χ1) is 13.1. The van der Waals surface area contributed by atoms with Crippen molar-refractivity contribution in [3.63, 3.8) is 0 Å². The molecule has 0 radical (unpaired) electrons. The fourth-order valence-electron chi connectivity index (χ4n) is 3.18. The minimum Gasteiger partial charge on any atom is -0.497 e. The van der Waals surface area contributed by atoms with Crippen LogP contribution >= 0.6 is 0 Å². The molecule has 5 heteroatoms. The van der Waals surface area contributed by atoms with Gasteiger partial charge in [-0.3, -0.25) is 0 Å². The maximum Gasteiger partial charge on any atom is 0.315 e. The van der Waals surface area contributed by atoms with Crippen LogP contribution in [0.3, 0.4) is 0 Å². The molecule has 2 amide bonds. The quantitative estimate of drug-likeness (QED) is 0.627. The third-order valence-electron chi connectivity index (χ3n) is 4.92. The van der Waals surface area contributed by atoms with Gasteiger partial charge in [0.15, 0.2) is 0 Å². The number of hydrogen-bond donors (Lipinski definition) is 3. The molecule has 2 aromatic carbocycles. The first-order valence-electron chi connectivity index (χ1n) is 9.50. The smallest absolute Gasteiger partial charge is 0.315 e. The normalized spacial score (nSPS) is 13.1. The van der Waals surface area contributed by atoms with Crippen molar-refractivity contribution in [1.82, 2.24) is 10.6 Å². The lowest BCUT2D eigenvalue weighted by molar-refractivity contribution is 0.103. The Morgan fingerprint density at radius 2 is 1.59 bits per heavy atom. The van der Waals surface area contributed by atoms with Crippen molar-refractivity contribution < 1.29 is 14.6 Å². The van der Waals surface area contributed by atoms with E-state index in [2.05, 4.69) is 10.6 Å². The maximum absolute atomic E-state index is 12.5. The average molecular weight is 370 g/mol. The Kier molecular flexibility index (Phi) is 8.14. The molecule has 0 aromatic heterocycles. The maximum atomic E-state index is 12.5. The minimum absolute atomic E-state index is 0.191. The average Bonchev–Trinajstić information content (AvgIpc) is 2.72. The van der Waals surface area contributed by atoms with Gasteiger partial charge in [0.2, 0.25) is 0 Å². The summed E-state index contributed by atoms with van der Waals surface area (Å²) in [5, 5.41) is 16.0. The molecule has 2 rings (SSSR count). The Morgan fingerprint density at radius 3 is 2.15 bits per heavy atom. The molecule has 2 unspecified atom stereocenters. The number of aliphatic hydroxyl groups is 1. The van der Waals surface area contributed by atoms with Crippen molar-refractivity contribution in [2.75, 3.05) is 13.7 Å². The highest BCUT2D eigenvalue weighted by Crippen LogP contribution is 2.24. The highest BCUT2D eigenvalue weighted by molar-refractivity contribution is 5.75. The number of benzene rings is 2. The summed E-state index contributed by atoms with van der Waals surface area (Å²) in [6.45, 7) is 4.33. The third kappa shape index (κ3) is 6.00. The number of ether oxygens (including phenoxy) is 1. The second-order valence-electron chi connectivity index (χ2n) is 6.62. The van der Waals surface area contributed by atoms with Crippen LogP contribution in [-0.2, 0) is 0 Å². The topological polar surface area (TPSA) is 70.6 Å². The highest BCUT2D eigenvalue weighted by atomic mass is 16.5. The van der Waals surface area contributed by atoms with Gasteiger partial charge in [0.05, 0.1) is 19.3 Å². The van der Waals surface area contributed by atoms with Crippen molar-refractivity contribution in [2.24, 2.45) is 5.92 Å². The molecule has 0 aliphatic rings. The number of nitrogens with one attached hydrogen (secondary N) is 2. The molecule has 2 aromatic rings. The molecule has 0 heterocycles. The summed E-state index contributed by atoms with van der Waals surface area (Å²) in [5.74, 6) is 0.958. The number of carbonyl (C=O) groups excluding carboxylic acids is 1. The van der Waals surface area contributed by atoms with E-state index in [9.17, 15) is 9.90 Å². The number of urea groups is 1. The van der Waals surface area contributed by atoms with Crippen molar-refractivity contribution in [3.05, 3.63) is 65.7 Å². The standard InChI is InChI=1S/C22H30N2O3/c1-4-16(5-2)20(25)15-23-22(26)24-21(17-9-7-6-8-10-17)18-11-13-19(27-3)14-12-18/h6-14,16,20-21,25H,4-5,15H2,1-3H3,(H2,23,24,26). The van der Waals surface area contributed by atoms with Crippen LogP contribution in [0, 0.1) is 5.92 Å². The van der Waals surface area contributed by atoms with Crippen LogP contribution in [0.1, 0.15) is 43.9 Å². The van der Waals surface area contributed by atoms with Crippen molar-refractivity contribution in [1.29, 1.82) is 0 Å². The van der Waals surface area contributed by atoms with E-state index >= 15 is 0 Å². The van der Waals surface area contributed by atoms with Crippen LogP contribution in [0.2, 0.25) is 0 Å². The van der Waals surface area contributed by atoms with Crippen LogP contribution in [0.4, 0.5) is 4.79 Å². The van der Waals surface area contributed by atoms with Gasteiger partial charge in [-0.1, -0.05) is 69.2 Å². The van der Waals surface area contributed by atoms with Crippen LogP contribution < -0.4 is 15.4 Å². The van der Waals surface area contributed by atoms with E-state index in [-0.39, 0.29) is 24.5 Å². The fraction of sp³-hybridized carbons (Fsp3) is 0.409. The Balaban J connectivity index is 2.09. The molecule has 3 N–H and O–H groups in total. The van der Waals surface area contributed by atoms with Crippen molar-refractivity contribution in [3.8, 4) is 5.75 Å². The lowest BCUT2D eigenvalue weighted by Gasteiger charge is -2.23. The highest BCUT2D eigenvalue weighted by Gasteiger charge is 2.19. The van der Waals surface area contributed by atoms with Crippen LogP contribution in [-0.4, -0.2) is 30.9 Å². The zero-order chi connectivity index (χ0) is 19.6. The van der Waals surface area contributed by atoms with Gasteiger partial charge in [-0.2, -0.15) is 0 Å². The number of methoxy groups -OCH3 is 1. The van der Waals surface area contributed by atoms with Gasteiger partial charge in [-0.25, -0.2) is 4.79 Å². The summed E-state index contributed by atoms with van der Waals surface area (Å²) < 4.78 is 5.22. The summed E-state index contributed by atoms with van der Waals surface area (Å²) in [6, 6.07) is 16.8. The van der Waals surface area contributed by atoms with Gasteiger partial charge in [-0.15, -0.1) is 0 Å². The molecule has 0 aliphatic heterocycles. The molecule has 146 valence electrons. The predicted octanol–water partition coefficient (Wildman–Crippen LogP) is 3.88.